The number of aromatic nitrogens is 1. The van der Waals surface area contributed by atoms with Gasteiger partial charge < -0.3 is 14.5 Å². The van der Waals surface area contributed by atoms with E-state index in [0.29, 0.717) is 17.7 Å². The fraction of sp³-hybridized carbons (Fsp3) is 0.588. The number of ether oxygens (including phenoxy) is 2. The zero-order chi connectivity index (χ0) is 19.6. The number of aromatic amines is 1. The summed E-state index contributed by atoms with van der Waals surface area (Å²) in [7, 11) is -1.82. The zero-order valence-electron chi connectivity index (χ0n) is 15.2. The van der Waals surface area contributed by atoms with Crippen LogP contribution in [-0.4, -0.2) is 55.8 Å². The van der Waals surface area contributed by atoms with E-state index in [0.717, 1.165) is 0 Å². The smallest absolute Gasteiger partial charge is 0.339 e. The van der Waals surface area contributed by atoms with E-state index < -0.39 is 33.7 Å². The fourth-order valence-corrected chi connectivity index (χ4v) is 5.04. The molecule has 0 unspecified atom stereocenters. The molecule has 0 spiro atoms. The minimum Gasteiger partial charge on any atom is -0.465 e. The second-order valence-electron chi connectivity index (χ2n) is 6.59. The molecule has 1 aromatic rings. The van der Waals surface area contributed by atoms with Crippen molar-refractivity contribution >= 4 is 27.6 Å². The second-order valence-corrected chi connectivity index (χ2v) is 8.81. The lowest BCUT2D eigenvalue weighted by Gasteiger charge is -2.14. The molecule has 0 radical (unpaired) electrons. The van der Waals surface area contributed by atoms with Crippen LogP contribution in [0.3, 0.4) is 0 Å². The highest BCUT2D eigenvalue weighted by molar-refractivity contribution is 7.91. The van der Waals surface area contributed by atoms with E-state index in [1.54, 1.807) is 13.8 Å². The monoisotopic (exact) mass is 385 g/mol. The van der Waals surface area contributed by atoms with Crippen LogP contribution in [0.25, 0.3) is 0 Å². The van der Waals surface area contributed by atoms with Crippen LogP contribution in [-0.2, 0) is 24.1 Å². The molecule has 0 bridgehead atoms. The molecule has 8 nitrogen and oxygen atoms in total. The van der Waals surface area contributed by atoms with Crippen LogP contribution in [0.5, 0.6) is 0 Å². The number of H-pyrrole nitrogens is 1. The van der Waals surface area contributed by atoms with Crippen LogP contribution in [0.15, 0.2) is 0 Å². The van der Waals surface area contributed by atoms with E-state index in [9.17, 15) is 22.8 Å². The van der Waals surface area contributed by atoms with Crippen LogP contribution in [0.1, 0.15) is 51.9 Å². The Hall–Kier alpha value is -2.16. The molecule has 2 rings (SSSR count). The van der Waals surface area contributed by atoms with Crippen LogP contribution >= 0.6 is 0 Å². The molecule has 1 N–H and O–H groups in total. The molecule has 26 heavy (non-hydrogen) atoms. The van der Waals surface area contributed by atoms with E-state index in [1.807, 2.05) is 0 Å². The lowest BCUT2D eigenvalue weighted by atomic mass is 10.0. The number of carbonyl (C=O) groups is 3. The summed E-state index contributed by atoms with van der Waals surface area (Å²) in [5.41, 5.74) is 1.40. The van der Waals surface area contributed by atoms with Crippen molar-refractivity contribution in [3.63, 3.8) is 0 Å². The van der Waals surface area contributed by atoms with Crippen molar-refractivity contribution in [2.24, 2.45) is 5.92 Å². The number of ketones is 1. The molecule has 2 heterocycles. The highest BCUT2D eigenvalue weighted by Gasteiger charge is 2.32. The average molecular weight is 385 g/mol. The van der Waals surface area contributed by atoms with E-state index in [2.05, 4.69) is 4.98 Å². The number of esters is 2. The quantitative estimate of drug-likeness (QED) is 0.580. The first-order valence-corrected chi connectivity index (χ1v) is 10.1. The molecule has 9 heteroatoms. The minimum absolute atomic E-state index is 0.0259. The number of hydrogen-bond donors (Lipinski definition) is 1. The number of rotatable bonds is 6. The van der Waals surface area contributed by atoms with Crippen LogP contribution in [0.4, 0.5) is 0 Å². The van der Waals surface area contributed by atoms with E-state index in [-0.39, 0.29) is 35.1 Å². The lowest BCUT2D eigenvalue weighted by Crippen LogP contribution is -2.26. The average Bonchev–Trinajstić information content (AvgIpc) is 3.04. The fourth-order valence-electron chi connectivity index (χ4n) is 3.18. The Morgan fingerprint density at radius 1 is 1.27 bits per heavy atom. The highest BCUT2D eigenvalue weighted by atomic mass is 32.2. The Morgan fingerprint density at radius 3 is 2.46 bits per heavy atom. The molecule has 1 aliphatic rings. The number of aryl methyl sites for hydroxylation is 1. The Kier molecular flexibility index (Phi) is 5.90. The number of methoxy groups -OCH3 is 1. The summed E-state index contributed by atoms with van der Waals surface area (Å²) < 4.78 is 32.8. The lowest BCUT2D eigenvalue weighted by molar-refractivity contribution is -0.147. The van der Waals surface area contributed by atoms with Crippen LogP contribution < -0.4 is 0 Å². The second kappa shape index (κ2) is 7.61. The summed E-state index contributed by atoms with van der Waals surface area (Å²) in [5.74, 6) is -1.84. The van der Waals surface area contributed by atoms with Gasteiger partial charge in [0.1, 0.15) is 0 Å². The summed E-state index contributed by atoms with van der Waals surface area (Å²) in [5, 5.41) is 0. The molecule has 1 fully saturated rings. The normalized spacial score (nSPS) is 19.8. The predicted octanol–water partition coefficient (Wildman–Crippen LogP) is 1.36. The van der Waals surface area contributed by atoms with Crippen molar-refractivity contribution in [2.45, 2.75) is 39.7 Å². The van der Waals surface area contributed by atoms with Crippen molar-refractivity contribution in [2.75, 3.05) is 18.6 Å². The third-order valence-electron chi connectivity index (χ3n) is 4.53. The predicted molar refractivity (Wildman–Crippen MR) is 92.9 cm³/mol. The molecule has 144 valence electrons. The Bertz CT molecular complexity index is 838. The van der Waals surface area contributed by atoms with Gasteiger partial charge >= 0.3 is 11.9 Å². The Morgan fingerprint density at radius 2 is 1.92 bits per heavy atom. The molecule has 2 atom stereocenters. The molecule has 1 saturated heterocycles. The first-order chi connectivity index (χ1) is 12.1. The number of nitrogens with one attached hydrogen (secondary N) is 1. The van der Waals surface area contributed by atoms with Gasteiger partial charge in [0.2, 0.25) is 5.78 Å². The van der Waals surface area contributed by atoms with Gasteiger partial charge in [0.05, 0.1) is 29.9 Å². The van der Waals surface area contributed by atoms with Crippen molar-refractivity contribution in [1.29, 1.82) is 0 Å². The molecule has 0 aliphatic carbocycles. The number of Topliss-reactive ketones (excluding diaryl/α,β-unsaturated/α-hetero) is 1. The maximum Gasteiger partial charge on any atom is 0.339 e. The highest BCUT2D eigenvalue weighted by Crippen LogP contribution is 2.23. The Labute approximate surface area is 152 Å². The Balaban J connectivity index is 2.04. The van der Waals surface area contributed by atoms with Crippen molar-refractivity contribution < 1.29 is 32.3 Å². The summed E-state index contributed by atoms with van der Waals surface area (Å²) in [6.45, 7) is 4.70. The molecule has 0 amide bonds. The molecule has 1 aliphatic heterocycles. The van der Waals surface area contributed by atoms with Gasteiger partial charge in [-0.3, -0.25) is 9.59 Å². The summed E-state index contributed by atoms with van der Waals surface area (Å²) >= 11 is 0. The third-order valence-corrected chi connectivity index (χ3v) is 6.37. The zero-order valence-corrected chi connectivity index (χ0v) is 16.1. The molecule has 0 saturated carbocycles. The SMILES string of the molecule is COC(=O)c1c(C)[nH]c(C(=O)[C@@H](C)OC(=O)C[C@H]2CCS(=O)(=O)C2)c1C. The van der Waals surface area contributed by atoms with Gasteiger partial charge in [-0.1, -0.05) is 0 Å². The van der Waals surface area contributed by atoms with E-state index in [4.69, 9.17) is 9.47 Å². The number of hydrogen-bond acceptors (Lipinski definition) is 7. The topological polar surface area (TPSA) is 120 Å². The molecule has 1 aromatic heterocycles. The third kappa shape index (κ3) is 4.32. The van der Waals surface area contributed by atoms with E-state index >= 15 is 0 Å². The van der Waals surface area contributed by atoms with Gasteiger partial charge in [0.25, 0.3) is 0 Å². The molecule has 0 aromatic carbocycles. The largest absolute Gasteiger partial charge is 0.465 e. The van der Waals surface area contributed by atoms with Gasteiger partial charge in [-0.05, 0) is 38.7 Å². The number of sulfone groups is 1. The first kappa shape index (κ1) is 20.2. The number of carbonyl (C=O) groups excluding carboxylic acids is 3. The van der Waals surface area contributed by atoms with Gasteiger partial charge in [-0.25, -0.2) is 13.2 Å². The van der Waals surface area contributed by atoms with Crippen molar-refractivity contribution in [3.8, 4) is 0 Å². The van der Waals surface area contributed by atoms with Crippen LogP contribution in [0.2, 0.25) is 0 Å². The minimum atomic E-state index is -3.07. The summed E-state index contributed by atoms with van der Waals surface area (Å²) in [4.78, 5) is 39.2. The standard InChI is InChI=1S/C17H23NO7S/c1-9-14(17(21)24-4)10(2)18-15(9)16(20)11(3)25-13(19)7-12-5-6-26(22,23)8-12/h11-12,18H,5-8H2,1-4H3/t11-,12-/m1/s1. The summed E-state index contributed by atoms with van der Waals surface area (Å²) in [6.07, 6.45) is -0.660. The van der Waals surface area contributed by atoms with Gasteiger partial charge in [-0.15, -0.1) is 0 Å². The maximum absolute atomic E-state index is 12.6. The van der Waals surface area contributed by atoms with Crippen LogP contribution in [0, 0.1) is 19.8 Å². The first-order valence-electron chi connectivity index (χ1n) is 8.27. The van der Waals surface area contributed by atoms with Crippen molar-refractivity contribution in [1.82, 2.24) is 4.98 Å². The van der Waals surface area contributed by atoms with Gasteiger partial charge in [-0.2, -0.15) is 0 Å². The molecular formula is C17H23NO7S. The van der Waals surface area contributed by atoms with Gasteiger partial charge in [0.15, 0.2) is 15.9 Å². The van der Waals surface area contributed by atoms with Gasteiger partial charge in [0, 0.05) is 12.1 Å². The van der Waals surface area contributed by atoms with E-state index in [1.165, 1.54) is 14.0 Å². The maximum atomic E-state index is 12.6. The molecular weight excluding hydrogens is 362 g/mol. The summed E-state index contributed by atoms with van der Waals surface area (Å²) in [6, 6.07) is 0. The van der Waals surface area contributed by atoms with Crippen molar-refractivity contribution in [3.05, 3.63) is 22.5 Å².